The van der Waals surface area contributed by atoms with E-state index in [2.05, 4.69) is 34.2 Å². The molecule has 0 aromatic carbocycles. The third-order valence-electron chi connectivity index (χ3n) is 3.65. The van der Waals surface area contributed by atoms with E-state index in [-0.39, 0.29) is 5.91 Å². The molecule has 0 bridgehead atoms. The number of thiophene rings is 2. The molecule has 6 heteroatoms. The van der Waals surface area contributed by atoms with Gasteiger partial charge in [-0.3, -0.25) is 4.79 Å². The van der Waals surface area contributed by atoms with E-state index < -0.39 is 0 Å². The molecule has 2 aromatic heterocycles. The summed E-state index contributed by atoms with van der Waals surface area (Å²) < 4.78 is 0.924. The number of hydrogen-bond donors (Lipinski definition) is 1. The van der Waals surface area contributed by atoms with Crippen LogP contribution >= 0.6 is 38.6 Å². The van der Waals surface area contributed by atoms with Crippen molar-refractivity contribution in [3.05, 3.63) is 36.8 Å². The number of carbonyl (C=O) groups is 1. The van der Waals surface area contributed by atoms with Gasteiger partial charge in [-0.15, -0.1) is 22.7 Å². The quantitative estimate of drug-likeness (QED) is 0.811. The number of hydrogen-bond acceptors (Lipinski definition) is 4. The highest BCUT2D eigenvalue weighted by atomic mass is 79.9. The van der Waals surface area contributed by atoms with Crippen LogP contribution in [0.15, 0.2) is 15.9 Å². The fourth-order valence-electron chi connectivity index (χ4n) is 2.56. The van der Waals surface area contributed by atoms with E-state index >= 15 is 0 Å². The number of carbonyl (C=O) groups excluding carboxylic acids is 1. The molecule has 0 spiro atoms. The van der Waals surface area contributed by atoms with Crippen molar-refractivity contribution < 1.29 is 4.79 Å². The fraction of sp³-hybridized carbons (Fsp3) is 0.333. The zero-order chi connectivity index (χ0) is 15.0. The highest BCUT2D eigenvalue weighted by Crippen LogP contribution is 2.39. The number of nitrogens with zero attached hydrogens (tertiary/aromatic N) is 1. The summed E-state index contributed by atoms with van der Waals surface area (Å²) in [5, 5.41) is 13.0. The molecule has 1 N–H and O–H groups in total. The molecule has 2 aromatic rings. The molecule has 0 radical (unpaired) electrons. The maximum atomic E-state index is 12.2. The van der Waals surface area contributed by atoms with E-state index in [4.69, 9.17) is 0 Å². The zero-order valence-corrected chi connectivity index (χ0v) is 14.6. The second kappa shape index (κ2) is 5.91. The topological polar surface area (TPSA) is 52.9 Å². The lowest BCUT2D eigenvalue weighted by Gasteiger charge is -2.17. The Balaban J connectivity index is 1.89. The van der Waals surface area contributed by atoms with Gasteiger partial charge in [0.05, 0.1) is 14.2 Å². The first-order valence-corrected chi connectivity index (χ1v) is 9.12. The lowest BCUT2D eigenvalue weighted by Crippen LogP contribution is -2.10. The minimum Gasteiger partial charge on any atom is -0.312 e. The number of amides is 1. The minimum atomic E-state index is -0.145. The van der Waals surface area contributed by atoms with E-state index in [0.29, 0.717) is 21.4 Å². The average molecular weight is 381 g/mol. The smallest absolute Gasteiger partial charge is 0.266 e. The number of nitriles is 1. The van der Waals surface area contributed by atoms with Gasteiger partial charge in [-0.1, -0.05) is 6.92 Å². The Kier molecular flexibility index (Phi) is 4.16. The van der Waals surface area contributed by atoms with E-state index in [9.17, 15) is 10.1 Å². The number of rotatable bonds is 2. The van der Waals surface area contributed by atoms with Gasteiger partial charge in [0.25, 0.3) is 5.91 Å². The monoisotopic (exact) mass is 380 g/mol. The van der Waals surface area contributed by atoms with Crippen molar-refractivity contribution in [3.8, 4) is 6.07 Å². The molecule has 0 unspecified atom stereocenters. The van der Waals surface area contributed by atoms with Gasteiger partial charge >= 0.3 is 0 Å². The van der Waals surface area contributed by atoms with Crippen molar-refractivity contribution in [3.63, 3.8) is 0 Å². The van der Waals surface area contributed by atoms with Crippen molar-refractivity contribution in [2.75, 3.05) is 5.32 Å². The largest absolute Gasteiger partial charge is 0.312 e. The maximum Gasteiger partial charge on any atom is 0.266 e. The number of nitrogens with one attached hydrogen (secondary N) is 1. The molecular weight excluding hydrogens is 368 g/mol. The SMILES string of the molecule is C[C@@H]1CCc2c(sc(NC(=O)c3ccc(Br)s3)c2C#N)C1. The molecule has 2 heterocycles. The van der Waals surface area contributed by atoms with Crippen LogP contribution < -0.4 is 5.32 Å². The predicted molar refractivity (Wildman–Crippen MR) is 90.2 cm³/mol. The molecule has 0 aliphatic heterocycles. The molecule has 3 rings (SSSR count). The van der Waals surface area contributed by atoms with E-state index in [1.165, 1.54) is 16.2 Å². The van der Waals surface area contributed by atoms with Crippen LogP contribution in [-0.4, -0.2) is 5.91 Å². The summed E-state index contributed by atoms with van der Waals surface area (Å²) in [4.78, 5) is 14.1. The molecule has 1 aliphatic carbocycles. The minimum absolute atomic E-state index is 0.145. The second-order valence-corrected chi connectivity index (χ2v) is 8.79. The highest BCUT2D eigenvalue weighted by Gasteiger charge is 2.25. The Morgan fingerprint density at radius 2 is 2.29 bits per heavy atom. The summed E-state index contributed by atoms with van der Waals surface area (Å²) in [6.45, 7) is 2.23. The third-order valence-corrected chi connectivity index (χ3v) is 6.44. The molecule has 0 fully saturated rings. The van der Waals surface area contributed by atoms with Crippen LogP contribution in [0.1, 0.15) is 39.0 Å². The summed E-state index contributed by atoms with van der Waals surface area (Å²) in [6.07, 6.45) is 3.06. The number of halogens is 1. The Morgan fingerprint density at radius 3 is 2.95 bits per heavy atom. The normalized spacial score (nSPS) is 17.1. The average Bonchev–Trinajstić information content (AvgIpc) is 3.01. The maximum absolute atomic E-state index is 12.2. The van der Waals surface area contributed by atoms with Crippen LogP contribution in [0, 0.1) is 17.2 Å². The van der Waals surface area contributed by atoms with Crippen LogP contribution in [0.5, 0.6) is 0 Å². The van der Waals surface area contributed by atoms with Gasteiger partial charge in [-0.25, -0.2) is 0 Å². The summed E-state index contributed by atoms with van der Waals surface area (Å²) in [5.41, 5.74) is 1.80. The predicted octanol–water partition coefficient (Wildman–Crippen LogP) is 4.82. The van der Waals surface area contributed by atoms with Gasteiger partial charge < -0.3 is 5.32 Å². The summed E-state index contributed by atoms with van der Waals surface area (Å²) >= 11 is 6.30. The van der Waals surface area contributed by atoms with Crippen LogP contribution in [-0.2, 0) is 12.8 Å². The molecule has 21 heavy (non-hydrogen) atoms. The first-order chi connectivity index (χ1) is 10.1. The van der Waals surface area contributed by atoms with E-state index in [1.54, 1.807) is 17.4 Å². The van der Waals surface area contributed by atoms with E-state index in [0.717, 1.165) is 28.6 Å². The Hall–Kier alpha value is -1.16. The van der Waals surface area contributed by atoms with Gasteiger partial charge in [0.2, 0.25) is 0 Å². The van der Waals surface area contributed by atoms with Crippen LogP contribution in [0.25, 0.3) is 0 Å². The van der Waals surface area contributed by atoms with Crippen LogP contribution in [0.4, 0.5) is 5.00 Å². The van der Waals surface area contributed by atoms with Crippen molar-refractivity contribution in [2.45, 2.75) is 26.2 Å². The van der Waals surface area contributed by atoms with Gasteiger partial charge in [0.1, 0.15) is 11.1 Å². The highest BCUT2D eigenvalue weighted by molar-refractivity contribution is 9.11. The van der Waals surface area contributed by atoms with Gasteiger partial charge in [0, 0.05) is 4.88 Å². The van der Waals surface area contributed by atoms with E-state index in [1.807, 2.05) is 6.07 Å². The molecule has 1 atom stereocenters. The van der Waals surface area contributed by atoms with Gasteiger partial charge in [-0.05, 0) is 58.8 Å². The summed E-state index contributed by atoms with van der Waals surface area (Å²) in [7, 11) is 0. The first kappa shape index (κ1) is 14.8. The third kappa shape index (κ3) is 2.91. The molecule has 3 nitrogen and oxygen atoms in total. The zero-order valence-electron chi connectivity index (χ0n) is 11.4. The van der Waals surface area contributed by atoms with Gasteiger partial charge in [0.15, 0.2) is 0 Å². The molecule has 1 amide bonds. The van der Waals surface area contributed by atoms with Crippen molar-refractivity contribution in [1.82, 2.24) is 0 Å². The Bertz CT molecular complexity index is 741. The lowest BCUT2D eigenvalue weighted by molar-refractivity contribution is 0.103. The van der Waals surface area contributed by atoms with Crippen molar-refractivity contribution >= 4 is 49.5 Å². The van der Waals surface area contributed by atoms with Crippen LogP contribution in [0.2, 0.25) is 0 Å². The molecule has 0 saturated heterocycles. The Morgan fingerprint density at radius 1 is 1.48 bits per heavy atom. The second-order valence-electron chi connectivity index (χ2n) is 5.23. The van der Waals surface area contributed by atoms with Crippen molar-refractivity contribution in [2.24, 2.45) is 5.92 Å². The fourth-order valence-corrected chi connectivity index (χ4v) is 5.20. The first-order valence-electron chi connectivity index (χ1n) is 6.69. The summed E-state index contributed by atoms with van der Waals surface area (Å²) in [6, 6.07) is 5.91. The standard InChI is InChI=1S/C15H13BrN2OS2/c1-8-2-3-9-10(7-17)15(21-12(9)6-8)18-14(19)11-4-5-13(16)20-11/h4-5,8H,2-3,6H2,1H3,(H,18,19)/t8-/m1/s1. The summed E-state index contributed by atoms with van der Waals surface area (Å²) in [5.74, 6) is 0.508. The van der Waals surface area contributed by atoms with Crippen molar-refractivity contribution in [1.29, 1.82) is 5.26 Å². The Labute approximate surface area is 139 Å². The molecule has 0 saturated carbocycles. The number of fused-ring (bicyclic) bond motifs is 1. The molecule has 1 aliphatic rings. The molecule has 108 valence electrons. The number of anilines is 1. The molecular formula is C15H13BrN2OS2. The van der Waals surface area contributed by atoms with Crippen LogP contribution in [0.3, 0.4) is 0 Å². The van der Waals surface area contributed by atoms with Gasteiger partial charge in [-0.2, -0.15) is 5.26 Å². The lowest BCUT2D eigenvalue weighted by atomic mass is 9.89.